The van der Waals surface area contributed by atoms with Crippen LogP contribution in [-0.4, -0.2) is 44.5 Å². The molecule has 1 N–H and O–H groups in total. The normalized spacial score (nSPS) is 21.6. The van der Waals surface area contributed by atoms with E-state index in [0.717, 1.165) is 55.5 Å². The van der Waals surface area contributed by atoms with Crippen molar-refractivity contribution in [2.24, 2.45) is 0 Å². The molecule has 1 aliphatic heterocycles. The van der Waals surface area contributed by atoms with E-state index in [9.17, 15) is 22.4 Å². The number of alkyl halides is 4. The molecule has 0 bridgehead atoms. The first kappa shape index (κ1) is 28.3. The molecule has 0 radical (unpaired) electrons. The topological polar surface area (TPSA) is 76.2 Å². The number of anilines is 1. The molecule has 1 aliphatic carbocycles. The van der Waals surface area contributed by atoms with Gasteiger partial charge in [0.15, 0.2) is 11.5 Å². The standard InChI is InChI=1S/C28H32F5N5O2/c29-19-10-11-22(28(31,32)33)18(13-19)16-37-17-20(15-34-37)35-27(39)24-14-25(40-36-24)26-23(30)9-6-12-38(26)21-7-4-2-1-3-5-8-21/h10-11,13-15,17,21,23,26H,1-9,12,16H2,(H,35,39). The number of carbonyl (C=O) groups is 1. The third-order valence-corrected chi connectivity index (χ3v) is 7.79. The Morgan fingerprint density at radius 1 is 1.05 bits per heavy atom. The lowest BCUT2D eigenvalue weighted by molar-refractivity contribution is -0.138. The van der Waals surface area contributed by atoms with Gasteiger partial charge in [0.1, 0.15) is 18.0 Å². The Hall–Kier alpha value is -3.28. The van der Waals surface area contributed by atoms with E-state index in [4.69, 9.17) is 4.52 Å². The van der Waals surface area contributed by atoms with Gasteiger partial charge in [-0.1, -0.05) is 37.3 Å². The molecule has 12 heteroatoms. The van der Waals surface area contributed by atoms with Crippen molar-refractivity contribution in [1.29, 1.82) is 0 Å². The summed E-state index contributed by atoms with van der Waals surface area (Å²) in [4.78, 5) is 15.1. The van der Waals surface area contributed by atoms with Gasteiger partial charge in [-0.05, 0) is 56.0 Å². The van der Waals surface area contributed by atoms with E-state index < -0.39 is 35.7 Å². The maximum Gasteiger partial charge on any atom is 0.416 e. The molecule has 2 atom stereocenters. The smallest absolute Gasteiger partial charge is 0.359 e. The summed E-state index contributed by atoms with van der Waals surface area (Å²) < 4.78 is 75.5. The minimum absolute atomic E-state index is 0.0392. The fourth-order valence-corrected chi connectivity index (χ4v) is 5.88. The van der Waals surface area contributed by atoms with Gasteiger partial charge in [0.05, 0.1) is 24.0 Å². The summed E-state index contributed by atoms with van der Waals surface area (Å²) in [6, 6.07) is 3.36. The van der Waals surface area contributed by atoms with Crippen molar-refractivity contribution in [3.8, 4) is 0 Å². The Balaban J connectivity index is 1.27. The van der Waals surface area contributed by atoms with E-state index in [0.29, 0.717) is 18.2 Å². The molecule has 1 saturated heterocycles. The molecular weight excluding hydrogens is 533 g/mol. The highest BCUT2D eigenvalue weighted by molar-refractivity contribution is 6.02. The minimum atomic E-state index is -4.65. The number of nitrogens with zero attached hydrogens (tertiary/aromatic N) is 4. The molecule has 3 heterocycles. The van der Waals surface area contributed by atoms with Crippen molar-refractivity contribution in [3.63, 3.8) is 0 Å². The summed E-state index contributed by atoms with van der Waals surface area (Å²) in [6.45, 7) is 0.408. The van der Waals surface area contributed by atoms with Gasteiger partial charge in [-0.15, -0.1) is 0 Å². The minimum Gasteiger partial charge on any atom is -0.359 e. The van der Waals surface area contributed by atoms with Crippen LogP contribution in [0, 0.1) is 5.82 Å². The number of aromatic nitrogens is 3. The number of piperidine rings is 1. The van der Waals surface area contributed by atoms with E-state index in [-0.39, 0.29) is 29.5 Å². The zero-order chi connectivity index (χ0) is 28.3. The summed E-state index contributed by atoms with van der Waals surface area (Å²) in [5.41, 5.74) is -1.09. The fourth-order valence-electron chi connectivity index (χ4n) is 5.88. The number of hydrogen-bond acceptors (Lipinski definition) is 5. The van der Waals surface area contributed by atoms with Crippen molar-refractivity contribution >= 4 is 11.6 Å². The third kappa shape index (κ3) is 6.54. The fraction of sp³-hybridized carbons (Fsp3) is 0.536. The Morgan fingerprint density at radius 2 is 1.80 bits per heavy atom. The van der Waals surface area contributed by atoms with Crippen LogP contribution >= 0.6 is 0 Å². The van der Waals surface area contributed by atoms with Crippen molar-refractivity contribution in [3.05, 3.63) is 65.1 Å². The van der Waals surface area contributed by atoms with Gasteiger partial charge in [0.2, 0.25) is 0 Å². The van der Waals surface area contributed by atoms with Crippen LogP contribution in [-0.2, 0) is 12.7 Å². The average Bonchev–Trinajstić information content (AvgIpc) is 3.53. The number of likely N-dealkylation sites (tertiary alicyclic amines) is 1. The van der Waals surface area contributed by atoms with E-state index in [2.05, 4.69) is 20.5 Å². The van der Waals surface area contributed by atoms with E-state index >= 15 is 4.39 Å². The molecule has 0 spiro atoms. The molecule has 2 unspecified atom stereocenters. The number of amides is 1. The average molecular weight is 566 g/mol. The van der Waals surface area contributed by atoms with Gasteiger partial charge in [0.25, 0.3) is 5.91 Å². The Kier molecular flexibility index (Phi) is 8.53. The Morgan fingerprint density at radius 3 is 2.55 bits per heavy atom. The van der Waals surface area contributed by atoms with Gasteiger partial charge in [-0.25, -0.2) is 8.78 Å². The number of hydrogen-bond donors (Lipinski definition) is 1. The van der Waals surface area contributed by atoms with E-state index in [1.807, 2.05) is 0 Å². The Labute approximate surface area is 228 Å². The molecule has 2 aromatic heterocycles. The molecule has 3 aromatic rings. The molecular formula is C28H32F5N5O2. The maximum atomic E-state index is 15.3. The number of benzene rings is 1. The third-order valence-electron chi connectivity index (χ3n) is 7.79. The first-order chi connectivity index (χ1) is 19.2. The van der Waals surface area contributed by atoms with Crippen LogP contribution in [0.5, 0.6) is 0 Å². The molecule has 2 fully saturated rings. The molecule has 7 nitrogen and oxygen atoms in total. The molecule has 5 rings (SSSR count). The quantitative estimate of drug-likeness (QED) is 0.329. The van der Waals surface area contributed by atoms with Gasteiger partial charge >= 0.3 is 6.18 Å². The van der Waals surface area contributed by atoms with E-state index in [1.165, 1.54) is 37.7 Å². The van der Waals surface area contributed by atoms with Crippen LogP contribution in [0.3, 0.4) is 0 Å². The first-order valence-electron chi connectivity index (χ1n) is 13.7. The van der Waals surface area contributed by atoms with Crippen LogP contribution in [0.25, 0.3) is 0 Å². The lowest BCUT2D eigenvalue weighted by atomic mass is 9.90. The summed E-state index contributed by atoms with van der Waals surface area (Å²) in [6.07, 6.45) is 5.83. The lowest BCUT2D eigenvalue weighted by Gasteiger charge is -2.42. The maximum absolute atomic E-state index is 15.3. The van der Waals surface area contributed by atoms with E-state index in [1.54, 1.807) is 0 Å². The summed E-state index contributed by atoms with van der Waals surface area (Å²) in [7, 11) is 0. The zero-order valence-corrected chi connectivity index (χ0v) is 22.0. The second-order valence-electron chi connectivity index (χ2n) is 10.6. The first-order valence-corrected chi connectivity index (χ1v) is 13.7. The molecule has 1 aromatic carbocycles. The SMILES string of the molecule is O=C(Nc1cnn(Cc2cc(F)ccc2C(F)(F)F)c1)c1cc(C2C(F)CCCN2C2CCCCCCC2)on1. The predicted molar refractivity (Wildman–Crippen MR) is 137 cm³/mol. The van der Waals surface area contributed by atoms with Gasteiger partial charge in [-0.2, -0.15) is 18.3 Å². The highest BCUT2D eigenvalue weighted by Gasteiger charge is 2.39. The van der Waals surface area contributed by atoms with Gasteiger partial charge < -0.3 is 9.84 Å². The monoisotopic (exact) mass is 565 g/mol. The number of nitrogens with one attached hydrogen (secondary N) is 1. The number of halogens is 5. The van der Waals surface area contributed by atoms with Crippen LogP contribution in [0.15, 0.2) is 41.2 Å². The van der Waals surface area contributed by atoms with Crippen LogP contribution in [0.2, 0.25) is 0 Å². The zero-order valence-electron chi connectivity index (χ0n) is 22.0. The number of rotatable bonds is 6. The Bertz CT molecular complexity index is 1300. The van der Waals surface area contributed by atoms with Crippen LogP contribution in [0.1, 0.15) is 91.2 Å². The van der Waals surface area contributed by atoms with Gasteiger partial charge in [0, 0.05) is 18.3 Å². The van der Waals surface area contributed by atoms with Crippen LogP contribution < -0.4 is 5.32 Å². The second kappa shape index (κ2) is 12.1. The molecule has 40 heavy (non-hydrogen) atoms. The highest BCUT2D eigenvalue weighted by Crippen LogP contribution is 2.38. The molecule has 2 aliphatic rings. The lowest BCUT2D eigenvalue weighted by Crippen LogP contribution is -2.46. The molecule has 216 valence electrons. The second-order valence-corrected chi connectivity index (χ2v) is 10.6. The predicted octanol–water partition coefficient (Wildman–Crippen LogP) is 6.92. The van der Waals surface area contributed by atoms with Crippen LogP contribution in [0.4, 0.5) is 27.6 Å². The van der Waals surface area contributed by atoms with Crippen molar-refractivity contribution in [2.45, 2.75) is 88.8 Å². The summed E-state index contributed by atoms with van der Waals surface area (Å²) in [5, 5.41) is 10.5. The molecule has 1 saturated carbocycles. The summed E-state index contributed by atoms with van der Waals surface area (Å²) in [5.74, 6) is -1.12. The number of carbonyl (C=O) groups excluding carboxylic acids is 1. The molecule has 1 amide bonds. The van der Waals surface area contributed by atoms with Crippen molar-refractivity contribution < 1.29 is 31.3 Å². The highest BCUT2D eigenvalue weighted by atomic mass is 19.4. The van der Waals surface area contributed by atoms with Crippen molar-refractivity contribution in [2.75, 3.05) is 11.9 Å². The summed E-state index contributed by atoms with van der Waals surface area (Å²) >= 11 is 0. The van der Waals surface area contributed by atoms with Gasteiger partial charge in [-0.3, -0.25) is 14.4 Å². The van der Waals surface area contributed by atoms with Crippen molar-refractivity contribution in [1.82, 2.24) is 19.8 Å². The largest absolute Gasteiger partial charge is 0.416 e.